The molecule has 15 nitrogen and oxygen atoms in total. The normalized spacial score (nSPS) is 10.7. The van der Waals surface area contributed by atoms with Crippen molar-refractivity contribution in [2.75, 3.05) is 23.1 Å². The fraction of sp³-hybridized carbons (Fsp3) is 0.200. The minimum atomic E-state index is -0.594. The smallest absolute Gasteiger partial charge is 0.354 e. The fourth-order valence-electron chi connectivity index (χ4n) is 4.12. The van der Waals surface area contributed by atoms with Gasteiger partial charge in [0.05, 0.1) is 35.3 Å². The molecule has 0 bridgehead atoms. The van der Waals surface area contributed by atoms with Gasteiger partial charge >= 0.3 is 5.97 Å². The van der Waals surface area contributed by atoms with E-state index in [0.29, 0.717) is 17.1 Å². The maximum absolute atomic E-state index is 13.0. The lowest BCUT2D eigenvalue weighted by Crippen LogP contribution is -2.15. The van der Waals surface area contributed by atoms with Gasteiger partial charge in [-0.1, -0.05) is 0 Å². The van der Waals surface area contributed by atoms with Crippen LogP contribution >= 0.6 is 0 Å². The maximum Gasteiger partial charge on any atom is 0.354 e. The average molecular weight is 551 g/mol. The van der Waals surface area contributed by atoms with E-state index < -0.39 is 28.6 Å². The number of anilines is 3. The molecule has 3 amide bonds. The second kappa shape index (κ2) is 10.6. The first-order chi connectivity index (χ1) is 18.9. The first-order valence-corrected chi connectivity index (χ1v) is 11.7. The largest absolute Gasteiger partial charge is 0.464 e. The molecule has 40 heavy (non-hydrogen) atoms. The Bertz CT molecular complexity index is 1670. The van der Waals surface area contributed by atoms with Crippen molar-refractivity contribution in [3.05, 3.63) is 81.9 Å². The number of aryl methyl sites for hydroxylation is 4. The molecule has 3 N–H and O–H groups in total. The van der Waals surface area contributed by atoms with E-state index in [-0.39, 0.29) is 28.5 Å². The summed E-state index contributed by atoms with van der Waals surface area (Å²) in [5, 5.41) is 19.0. The number of carbonyl (C=O) groups is 4. The monoisotopic (exact) mass is 550 g/mol. The Labute approximate surface area is 227 Å². The van der Waals surface area contributed by atoms with Gasteiger partial charge in [-0.2, -0.15) is 0 Å². The third-order valence-corrected chi connectivity index (χ3v) is 6.08. The number of carbonyl (C=O) groups excluding carboxylic acids is 4. The van der Waals surface area contributed by atoms with E-state index in [4.69, 9.17) is 4.74 Å². The van der Waals surface area contributed by atoms with Crippen molar-refractivity contribution in [1.82, 2.24) is 18.3 Å². The number of aromatic nitrogens is 4. The van der Waals surface area contributed by atoms with Gasteiger partial charge in [-0.3, -0.25) is 24.5 Å². The standard InChI is InChI=1S/C25H26N8O7/c1-29-10-14(6-19(29)23(35)28-16-8-21(25(37)40-5)31(3)12-16)26-22(34)18-7-15(11-30(18)2)27-24(36)20-9-17(33(38)39)13-32(20)4/h6-13H,1-5H3,(H,26,34)(H,27,36)(H,28,35). The summed E-state index contributed by atoms with van der Waals surface area (Å²) in [4.78, 5) is 60.6. The lowest BCUT2D eigenvalue weighted by molar-refractivity contribution is -0.384. The topological polar surface area (TPSA) is 176 Å². The SMILES string of the molecule is COC(=O)c1cc(NC(=O)c2cc(NC(=O)c3cc(NC(=O)c4cc([N+](=O)[O-])cn4C)cn3C)cn2C)cn1C. The molecule has 4 aromatic heterocycles. The summed E-state index contributed by atoms with van der Waals surface area (Å²) in [5.41, 5.74) is 1.63. The van der Waals surface area contributed by atoms with Crippen LogP contribution in [0.5, 0.6) is 0 Å². The van der Waals surface area contributed by atoms with Gasteiger partial charge in [0.15, 0.2) is 0 Å². The summed E-state index contributed by atoms with van der Waals surface area (Å²) in [7, 11) is 7.68. The molecule has 0 aliphatic rings. The third kappa shape index (κ3) is 5.47. The number of rotatable bonds is 8. The summed E-state index contributed by atoms with van der Waals surface area (Å²) in [5.74, 6) is -2.08. The Morgan fingerprint density at radius 2 is 1.00 bits per heavy atom. The molecule has 0 aromatic carbocycles. The van der Waals surface area contributed by atoms with Gasteiger partial charge in [0.1, 0.15) is 22.8 Å². The quantitative estimate of drug-likeness (QED) is 0.171. The van der Waals surface area contributed by atoms with Crippen LogP contribution in [0.15, 0.2) is 49.1 Å². The zero-order valence-corrected chi connectivity index (χ0v) is 22.2. The Morgan fingerprint density at radius 1 is 0.650 bits per heavy atom. The molecular weight excluding hydrogens is 524 g/mol. The van der Waals surface area contributed by atoms with Crippen molar-refractivity contribution in [3.8, 4) is 0 Å². The molecule has 0 saturated heterocycles. The molecule has 0 radical (unpaired) electrons. The molecule has 0 fully saturated rings. The van der Waals surface area contributed by atoms with Crippen LogP contribution in [0.1, 0.15) is 42.0 Å². The van der Waals surface area contributed by atoms with Crippen molar-refractivity contribution in [2.24, 2.45) is 28.2 Å². The van der Waals surface area contributed by atoms with Crippen LogP contribution in [0.4, 0.5) is 22.7 Å². The molecule has 4 heterocycles. The number of nitrogens with zero attached hydrogens (tertiary/aromatic N) is 5. The van der Waals surface area contributed by atoms with Crippen molar-refractivity contribution in [2.45, 2.75) is 0 Å². The molecule has 0 unspecified atom stereocenters. The van der Waals surface area contributed by atoms with Gasteiger partial charge in [0, 0.05) is 52.8 Å². The van der Waals surface area contributed by atoms with E-state index >= 15 is 0 Å². The van der Waals surface area contributed by atoms with Crippen LogP contribution in [-0.2, 0) is 32.9 Å². The van der Waals surface area contributed by atoms with Crippen molar-refractivity contribution < 1.29 is 28.8 Å². The zero-order valence-electron chi connectivity index (χ0n) is 22.2. The van der Waals surface area contributed by atoms with Crippen LogP contribution in [-0.4, -0.2) is 54.0 Å². The second-order valence-corrected chi connectivity index (χ2v) is 8.98. The molecule has 15 heteroatoms. The number of hydrogen-bond acceptors (Lipinski definition) is 7. The van der Waals surface area contributed by atoms with Crippen LogP contribution < -0.4 is 16.0 Å². The van der Waals surface area contributed by atoms with Gasteiger partial charge < -0.3 is 39.0 Å². The molecule has 0 spiro atoms. The molecule has 208 valence electrons. The first kappa shape index (κ1) is 27.4. The number of nitro groups is 1. The molecule has 0 saturated carbocycles. The summed E-state index contributed by atoms with van der Waals surface area (Å²) in [6, 6.07) is 5.59. The average Bonchev–Trinajstić information content (AvgIpc) is 3.64. The summed E-state index contributed by atoms with van der Waals surface area (Å²) in [6.45, 7) is 0. The van der Waals surface area contributed by atoms with Crippen LogP contribution in [0.2, 0.25) is 0 Å². The predicted molar refractivity (Wildman–Crippen MR) is 144 cm³/mol. The van der Waals surface area contributed by atoms with E-state index in [0.717, 1.165) is 6.07 Å². The van der Waals surface area contributed by atoms with Crippen LogP contribution in [0.25, 0.3) is 0 Å². The van der Waals surface area contributed by atoms with Crippen molar-refractivity contribution in [3.63, 3.8) is 0 Å². The number of methoxy groups -OCH3 is 1. The molecule has 0 atom stereocenters. The van der Waals surface area contributed by atoms with E-state index in [1.807, 2.05) is 0 Å². The Morgan fingerprint density at radius 3 is 1.38 bits per heavy atom. The lowest BCUT2D eigenvalue weighted by Gasteiger charge is -2.03. The molecular formula is C25H26N8O7. The van der Waals surface area contributed by atoms with Crippen molar-refractivity contribution >= 4 is 46.4 Å². The van der Waals surface area contributed by atoms with E-state index in [2.05, 4.69) is 16.0 Å². The highest BCUT2D eigenvalue weighted by atomic mass is 16.6. The molecule has 4 aromatic rings. The lowest BCUT2D eigenvalue weighted by atomic mass is 10.3. The highest BCUT2D eigenvalue weighted by Crippen LogP contribution is 2.21. The van der Waals surface area contributed by atoms with Gasteiger partial charge in [-0.05, 0) is 18.2 Å². The fourth-order valence-corrected chi connectivity index (χ4v) is 4.12. The summed E-state index contributed by atoms with van der Waals surface area (Å²) in [6.07, 6.45) is 5.88. The Hall–Kier alpha value is -5.60. The third-order valence-electron chi connectivity index (χ3n) is 6.08. The first-order valence-electron chi connectivity index (χ1n) is 11.7. The Balaban J connectivity index is 1.44. The number of hydrogen-bond donors (Lipinski definition) is 3. The zero-order chi connectivity index (χ0) is 29.3. The van der Waals surface area contributed by atoms with Gasteiger partial charge in [0.2, 0.25) is 0 Å². The highest BCUT2D eigenvalue weighted by Gasteiger charge is 2.21. The number of nitrogens with one attached hydrogen (secondary N) is 3. The predicted octanol–water partition coefficient (Wildman–Crippen LogP) is 2.49. The molecule has 0 aliphatic heterocycles. The van der Waals surface area contributed by atoms with E-state index in [1.165, 1.54) is 63.0 Å². The van der Waals surface area contributed by atoms with Gasteiger partial charge in [0.25, 0.3) is 23.4 Å². The molecule has 4 rings (SSSR count). The van der Waals surface area contributed by atoms with Crippen LogP contribution in [0.3, 0.4) is 0 Å². The van der Waals surface area contributed by atoms with Gasteiger partial charge in [-0.25, -0.2) is 4.79 Å². The second-order valence-electron chi connectivity index (χ2n) is 8.98. The minimum Gasteiger partial charge on any atom is -0.464 e. The van der Waals surface area contributed by atoms with Crippen molar-refractivity contribution in [1.29, 1.82) is 0 Å². The maximum atomic E-state index is 13.0. The van der Waals surface area contributed by atoms with E-state index in [1.54, 1.807) is 33.5 Å². The number of ether oxygens (including phenoxy) is 1. The van der Waals surface area contributed by atoms with Gasteiger partial charge in [-0.15, -0.1) is 0 Å². The highest BCUT2D eigenvalue weighted by molar-refractivity contribution is 6.08. The summed E-state index contributed by atoms with van der Waals surface area (Å²) < 4.78 is 10.6. The van der Waals surface area contributed by atoms with Crippen LogP contribution in [0, 0.1) is 10.1 Å². The number of esters is 1. The Kier molecular flexibility index (Phi) is 7.30. The van der Waals surface area contributed by atoms with E-state index in [9.17, 15) is 29.3 Å². The summed E-state index contributed by atoms with van der Waals surface area (Å²) >= 11 is 0. The molecule has 0 aliphatic carbocycles. The number of amides is 3. The minimum absolute atomic E-state index is 0.0775.